The molecule has 1 aromatic carbocycles. The molecule has 3 heterocycles. The second-order valence-electron chi connectivity index (χ2n) is 11.1. The van der Waals surface area contributed by atoms with Crippen molar-refractivity contribution in [2.45, 2.75) is 58.0 Å². The molecule has 1 saturated heterocycles. The molecule has 2 aromatic heterocycles. The normalized spacial score (nSPS) is 24.5. The van der Waals surface area contributed by atoms with Gasteiger partial charge in [0.15, 0.2) is 5.69 Å². The van der Waals surface area contributed by atoms with Crippen molar-refractivity contribution in [2.24, 2.45) is 17.6 Å². The summed E-state index contributed by atoms with van der Waals surface area (Å²) in [6.45, 7) is 8.54. The number of primary amides is 1. The number of aromatic nitrogens is 4. The molecule has 3 atom stereocenters. The van der Waals surface area contributed by atoms with E-state index in [1.165, 1.54) is 17.5 Å². The molecule has 2 amide bonds. The van der Waals surface area contributed by atoms with E-state index in [0.717, 1.165) is 41.9 Å². The van der Waals surface area contributed by atoms with Crippen molar-refractivity contribution in [1.82, 2.24) is 25.3 Å². The predicted octanol–water partition coefficient (Wildman–Crippen LogP) is 3.78. The van der Waals surface area contributed by atoms with Gasteiger partial charge in [0.2, 0.25) is 5.91 Å². The van der Waals surface area contributed by atoms with E-state index in [1.54, 1.807) is 29.1 Å². The highest BCUT2D eigenvalue weighted by Gasteiger charge is 2.45. The third-order valence-electron chi connectivity index (χ3n) is 8.72. The highest BCUT2D eigenvalue weighted by Crippen LogP contribution is 2.46. The minimum absolute atomic E-state index is 0.0203. The van der Waals surface area contributed by atoms with Crippen LogP contribution in [0.5, 0.6) is 0 Å². The first-order valence-electron chi connectivity index (χ1n) is 13.2. The minimum atomic E-state index is -0.474. The van der Waals surface area contributed by atoms with Gasteiger partial charge in [0.25, 0.3) is 5.91 Å². The fourth-order valence-corrected chi connectivity index (χ4v) is 6.26. The fourth-order valence-electron chi connectivity index (χ4n) is 6.08. The molecule has 0 bridgehead atoms. The van der Waals surface area contributed by atoms with E-state index in [4.69, 9.17) is 22.3 Å². The van der Waals surface area contributed by atoms with E-state index in [2.05, 4.69) is 34.4 Å². The minimum Gasteiger partial charge on any atom is -0.366 e. The molecule has 198 valence electrons. The van der Waals surface area contributed by atoms with Gasteiger partial charge in [-0.25, -0.2) is 9.67 Å². The predicted molar refractivity (Wildman–Crippen MR) is 145 cm³/mol. The van der Waals surface area contributed by atoms with Crippen LogP contribution in [0.3, 0.4) is 0 Å². The van der Waals surface area contributed by atoms with E-state index in [1.807, 2.05) is 13.1 Å². The number of amides is 2. The number of carbonyl (C=O) groups is 2. The summed E-state index contributed by atoms with van der Waals surface area (Å²) >= 11 is 6.14. The molecule has 3 N–H and O–H groups in total. The van der Waals surface area contributed by atoms with Crippen LogP contribution in [0.25, 0.3) is 0 Å². The lowest BCUT2D eigenvalue weighted by atomic mass is 9.74. The summed E-state index contributed by atoms with van der Waals surface area (Å²) in [4.78, 5) is 31.9. The van der Waals surface area contributed by atoms with Gasteiger partial charge in [0.05, 0.1) is 12.2 Å². The third kappa shape index (κ3) is 4.42. The Morgan fingerprint density at radius 2 is 1.87 bits per heavy atom. The number of carbonyl (C=O) groups excluding carboxylic acids is 2. The molecule has 3 fully saturated rings. The standard InChI is InChI=1S/C28H32ClN7O2/c1-14-15(2)27(35-11-18-6-19(18)12-35)31-10-24(14)16(3)36-13-25(33-34-36)28(38)32-21-7-17(8-21)23-9-20(29)4-5-22(23)26(30)37/h4-5,9-10,13,16-19,21H,6-8,11-12H2,1-3H3,(H2,30,37)(H,32,38)/t16-,17?,18-,19+,21?/m0/s1. The van der Waals surface area contributed by atoms with E-state index >= 15 is 0 Å². The zero-order chi connectivity index (χ0) is 26.7. The maximum absolute atomic E-state index is 12.9. The lowest BCUT2D eigenvalue weighted by Gasteiger charge is -2.36. The first-order chi connectivity index (χ1) is 18.2. The monoisotopic (exact) mass is 533 g/mol. The van der Waals surface area contributed by atoms with Crippen LogP contribution < -0.4 is 16.0 Å². The summed E-state index contributed by atoms with van der Waals surface area (Å²) in [6, 6.07) is 4.98. The number of anilines is 1. The second kappa shape index (κ2) is 9.38. The number of hydrogen-bond acceptors (Lipinski definition) is 6. The molecule has 0 spiro atoms. The molecule has 2 aliphatic carbocycles. The number of piperidine rings is 1. The number of pyridine rings is 1. The van der Waals surface area contributed by atoms with Gasteiger partial charge < -0.3 is 16.0 Å². The Morgan fingerprint density at radius 1 is 1.13 bits per heavy atom. The van der Waals surface area contributed by atoms with Crippen molar-refractivity contribution in [1.29, 1.82) is 0 Å². The van der Waals surface area contributed by atoms with Gasteiger partial charge in [-0.3, -0.25) is 9.59 Å². The van der Waals surface area contributed by atoms with E-state index in [0.29, 0.717) is 23.4 Å². The molecule has 0 unspecified atom stereocenters. The maximum Gasteiger partial charge on any atom is 0.273 e. The molecule has 1 aliphatic heterocycles. The van der Waals surface area contributed by atoms with Crippen LogP contribution in [0.1, 0.15) is 81.2 Å². The molecular weight excluding hydrogens is 502 g/mol. The number of fused-ring (bicyclic) bond motifs is 1. The quantitative estimate of drug-likeness (QED) is 0.477. The number of hydrogen-bond donors (Lipinski definition) is 2. The summed E-state index contributed by atoms with van der Waals surface area (Å²) in [5, 5.41) is 12.0. The van der Waals surface area contributed by atoms with E-state index < -0.39 is 5.91 Å². The number of nitrogens with one attached hydrogen (secondary N) is 1. The summed E-state index contributed by atoms with van der Waals surface area (Å²) < 4.78 is 1.72. The Bertz CT molecular complexity index is 1420. The molecule has 9 nitrogen and oxygen atoms in total. The maximum atomic E-state index is 12.9. The van der Waals surface area contributed by atoms with Gasteiger partial charge in [-0.05, 0) is 98.2 Å². The molecule has 2 saturated carbocycles. The average Bonchev–Trinajstić information content (AvgIpc) is 3.24. The van der Waals surface area contributed by atoms with E-state index in [9.17, 15) is 9.59 Å². The van der Waals surface area contributed by atoms with Gasteiger partial charge in [-0.1, -0.05) is 16.8 Å². The third-order valence-corrected chi connectivity index (χ3v) is 8.95. The summed E-state index contributed by atoms with van der Waals surface area (Å²) in [5.74, 6) is 2.17. The molecule has 0 radical (unpaired) electrons. The van der Waals surface area contributed by atoms with Crippen molar-refractivity contribution < 1.29 is 9.59 Å². The summed E-state index contributed by atoms with van der Waals surface area (Å²) in [7, 11) is 0. The Labute approximate surface area is 226 Å². The Kier molecular flexibility index (Phi) is 6.13. The van der Waals surface area contributed by atoms with Crippen LogP contribution in [0.15, 0.2) is 30.6 Å². The highest BCUT2D eigenvalue weighted by atomic mass is 35.5. The molecule has 10 heteroatoms. The topological polar surface area (TPSA) is 119 Å². The van der Waals surface area contributed by atoms with Crippen molar-refractivity contribution >= 4 is 29.2 Å². The van der Waals surface area contributed by atoms with Crippen LogP contribution in [-0.2, 0) is 0 Å². The van der Waals surface area contributed by atoms with E-state index in [-0.39, 0.29) is 29.6 Å². The summed E-state index contributed by atoms with van der Waals surface area (Å²) in [5.41, 5.74) is 10.6. The van der Waals surface area contributed by atoms with Crippen LogP contribution in [-0.4, -0.2) is 50.9 Å². The lowest BCUT2D eigenvalue weighted by Crippen LogP contribution is -2.43. The van der Waals surface area contributed by atoms with Crippen molar-refractivity contribution in [2.75, 3.05) is 18.0 Å². The van der Waals surface area contributed by atoms with Crippen molar-refractivity contribution in [3.63, 3.8) is 0 Å². The Morgan fingerprint density at radius 3 is 2.58 bits per heavy atom. The SMILES string of the molecule is Cc1c([C@H](C)n2cc(C(=O)NC3CC(c4cc(Cl)ccc4C(N)=O)C3)nn2)cnc(N2C[C@H]3C[C@H]3C2)c1C. The van der Waals surface area contributed by atoms with Crippen molar-refractivity contribution in [3.8, 4) is 0 Å². The number of benzene rings is 1. The van der Waals surface area contributed by atoms with Crippen LogP contribution in [0, 0.1) is 25.7 Å². The van der Waals surface area contributed by atoms with Gasteiger partial charge >= 0.3 is 0 Å². The number of rotatable bonds is 7. The van der Waals surface area contributed by atoms with Gasteiger partial charge in [0.1, 0.15) is 5.82 Å². The lowest BCUT2D eigenvalue weighted by molar-refractivity contribution is 0.0900. The average molecular weight is 534 g/mol. The number of nitrogens with zero attached hydrogens (tertiary/aromatic N) is 5. The van der Waals surface area contributed by atoms with Crippen molar-refractivity contribution in [3.05, 3.63) is 69.1 Å². The van der Waals surface area contributed by atoms with Gasteiger partial charge in [-0.15, -0.1) is 5.10 Å². The molecule has 38 heavy (non-hydrogen) atoms. The van der Waals surface area contributed by atoms with Gasteiger partial charge in [-0.2, -0.15) is 0 Å². The largest absolute Gasteiger partial charge is 0.366 e. The second-order valence-corrected chi connectivity index (χ2v) is 11.6. The number of halogens is 1. The molecular formula is C28H32ClN7O2. The van der Waals surface area contributed by atoms with Crippen LogP contribution in [0.2, 0.25) is 5.02 Å². The number of nitrogens with two attached hydrogens (primary N) is 1. The molecule has 3 aromatic rings. The smallest absolute Gasteiger partial charge is 0.273 e. The fraction of sp³-hybridized carbons (Fsp3) is 0.464. The highest BCUT2D eigenvalue weighted by molar-refractivity contribution is 6.30. The van der Waals surface area contributed by atoms with Crippen LogP contribution in [0.4, 0.5) is 5.82 Å². The first kappa shape index (κ1) is 24.9. The first-order valence-corrected chi connectivity index (χ1v) is 13.6. The Hall–Kier alpha value is -3.46. The zero-order valence-corrected chi connectivity index (χ0v) is 22.6. The summed E-state index contributed by atoms with van der Waals surface area (Å²) in [6.07, 6.45) is 6.40. The van der Waals surface area contributed by atoms with Crippen LogP contribution >= 0.6 is 11.6 Å². The zero-order valence-electron chi connectivity index (χ0n) is 21.8. The molecule has 6 rings (SSSR count). The van der Waals surface area contributed by atoms with Gasteiger partial charge in [0, 0.05) is 35.9 Å². The molecule has 3 aliphatic rings. The Balaban J connectivity index is 1.09.